The third-order valence-corrected chi connectivity index (χ3v) is 5.47. The molecule has 0 fully saturated rings. The van der Waals surface area contributed by atoms with E-state index in [9.17, 15) is 19.2 Å². The molecule has 7 heteroatoms. The van der Waals surface area contributed by atoms with Gasteiger partial charge < -0.3 is 10.1 Å². The number of rotatable bonds is 9. The van der Waals surface area contributed by atoms with Crippen molar-refractivity contribution in [1.82, 2.24) is 0 Å². The molecule has 0 heterocycles. The average molecular weight is 447 g/mol. The molecule has 0 amide bonds. The highest BCUT2D eigenvalue weighted by Crippen LogP contribution is 2.27. The molecule has 3 aromatic carbocycles. The SMILES string of the molecule is COc1ccc(N/C(SCC(=O)c2ccccc2F)=C(\C#N)C(=O)c2ccccc2)cc1. The lowest BCUT2D eigenvalue weighted by molar-refractivity contribution is 0.101. The van der Waals surface area contributed by atoms with Gasteiger partial charge in [0.25, 0.3) is 0 Å². The summed E-state index contributed by atoms with van der Waals surface area (Å²) >= 11 is 0.971. The fraction of sp³-hybridized carbons (Fsp3) is 0.0800. The van der Waals surface area contributed by atoms with Gasteiger partial charge in [0.2, 0.25) is 5.78 Å². The van der Waals surface area contributed by atoms with Crippen molar-refractivity contribution in [3.8, 4) is 11.8 Å². The van der Waals surface area contributed by atoms with Crippen molar-refractivity contribution in [3.05, 3.63) is 106 Å². The van der Waals surface area contributed by atoms with E-state index in [0.717, 1.165) is 11.8 Å². The van der Waals surface area contributed by atoms with E-state index in [-0.39, 0.29) is 21.9 Å². The van der Waals surface area contributed by atoms with Crippen LogP contribution in [0, 0.1) is 17.1 Å². The number of hydrogen-bond acceptors (Lipinski definition) is 6. The van der Waals surface area contributed by atoms with Gasteiger partial charge in [0.15, 0.2) is 5.78 Å². The number of carbonyl (C=O) groups excluding carboxylic acids is 2. The highest BCUT2D eigenvalue weighted by Gasteiger charge is 2.20. The predicted octanol–water partition coefficient (Wildman–Crippen LogP) is 5.48. The minimum atomic E-state index is -0.618. The van der Waals surface area contributed by atoms with Crippen LogP contribution >= 0.6 is 11.8 Å². The summed E-state index contributed by atoms with van der Waals surface area (Å²) < 4.78 is 19.1. The number of thioether (sulfide) groups is 1. The molecular formula is C25H19FN2O3S. The molecule has 0 spiro atoms. The predicted molar refractivity (Wildman–Crippen MR) is 123 cm³/mol. The van der Waals surface area contributed by atoms with Crippen LogP contribution in [0.5, 0.6) is 5.75 Å². The van der Waals surface area contributed by atoms with Crippen molar-refractivity contribution in [1.29, 1.82) is 5.26 Å². The van der Waals surface area contributed by atoms with Crippen LogP contribution in [0.25, 0.3) is 0 Å². The summed E-state index contributed by atoms with van der Waals surface area (Å²) in [6.45, 7) is 0. The summed E-state index contributed by atoms with van der Waals surface area (Å²) in [7, 11) is 1.55. The number of anilines is 1. The molecule has 1 N–H and O–H groups in total. The minimum Gasteiger partial charge on any atom is -0.497 e. The first-order valence-corrected chi connectivity index (χ1v) is 10.6. The number of nitrogens with zero attached hydrogens (tertiary/aromatic N) is 1. The van der Waals surface area contributed by atoms with Gasteiger partial charge in [-0.3, -0.25) is 9.59 Å². The van der Waals surface area contributed by atoms with Crippen LogP contribution in [0.1, 0.15) is 20.7 Å². The van der Waals surface area contributed by atoms with Crippen molar-refractivity contribution in [2.24, 2.45) is 0 Å². The second kappa shape index (κ2) is 10.9. The molecular weight excluding hydrogens is 427 g/mol. The van der Waals surface area contributed by atoms with Gasteiger partial charge in [-0.15, -0.1) is 0 Å². The number of ether oxygens (including phenoxy) is 1. The van der Waals surface area contributed by atoms with Crippen LogP contribution in [-0.2, 0) is 0 Å². The van der Waals surface area contributed by atoms with Gasteiger partial charge >= 0.3 is 0 Å². The number of ketones is 2. The maximum atomic E-state index is 14.0. The smallest absolute Gasteiger partial charge is 0.206 e. The molecule has 0 unspecified atom stereocenters. The lowest BCUT2D eigenvalue weighted by Crippen LogP contribution is -2.12. The molecule has 5 nitrogen and oxygen atoms in total. The van der Waals surface area contributed by atoms with Gasteiger partial charge in [-0.05, 0) is 36.4 Å². The molecule has 0 saturated carbocycles. The second-order valence-electron chi connectivity index (χ2n) is 6.56. The van der Waals surface area contributed by atoms with E-state index in [1.165, 1.54) is 18.2 Å². The van der Waals surface area contributed by atoms with Crippen molar-refractivity contribution >= 4 is 29.0 Å². The van der Waals surface area contributed by atoms with Crippen LogP contribution < -0.4 is 10.1 Å². The first-order valence-electron chi connectivity index (χ1n) is 9.59. The van der Waals surface area contributed by atoms with Crippen molar-refractivity contribution in [2.45, 2.75) is 0 Å². The Labute approximate surface area is 189 Å². The topological polar surface area (TPSA) is 79.2 Å². The molecule has 0 radical (unpaired) electrons. The number of nitrogens with one attached hydrogen (secondary N) is 1. The largest absolute Gasteiger partial charge is 0.497 e. The monoisotopic (exact) mass is 446 g/mol. The van der Waals surface area contributed by atoms with Gasteiger partial charge in [0.1, 0.15) is 23.2 Å². The molecule has 0 aliphatic heterocycles. The number of hydrogen-bond donors (Lipinski definition) is 1. The summed E-state index contributed by atoms with van der Waals surface area (Å²) in [5.74, 6) is -1.06. The lowest BCUT2D eigenvalue weighted by Gasteiger charge is -2.13. The zero-order valence-corrected chi connectivity index (χ0v) is 18.0. The second-order valence-corrected chi connectivity index (χ2v) is 7.54. The zero-order chi connectivity index (χ0) is 22.9. The Bertz CT molecular complexity index is 1190. The number of allylic oxidation sites excluding steroid dienone is 1. The number of Topliss-reactive ketones (excluding diaryl/α,β-unsaturated/α-hetero) is 2. The van der Waals surface area contributed by atoms with E-state index >= 15 is 0 Å². The molecule has 3 aromatic rings. The Morgan fingerprint density at radius 3 is 2.28 bits per heavy atom. The lowest BCUT2D eigenvalue weighted by atomic mass is 10.1. The highest BCUT2D eigenvalue weighted by atomic mass is 32.2. The molecule has 0 aromatic heterocycles. The van der Waals surface area contributed by atoms with Crippen LogP contribution in [0.2, 0.25) is 0 Å². The Balaban J connectivity index is 1.93. The first kappa shape index (κ1) is 22.8. The van der Waals surface area contributed by atoms with Gasteiger partial charge in [-0.1, -0.05) is 54.2 Å². The number of benzene rings is 3. The highest BCUT2D eigenvalue weighted by molar-refractivity contribution is 8.03. The first-order chi connectivity index (χ1) is 15.5. The van der Waals surface area contributed by atoms with Crippen molar-refractivity contribution in [2.75, 3.05) is 18.2 Å². The van der Waals surface area contributed by atoms with Crippen LogP contribution in [-0.4, -0.2) is 24.4 Å². The summed E-state index contributed by atoms with van der Waals surface area (Å²) in [6, 6.07) is 22.9. The van der Waals surface area contributed by atoms with Gasteiger partial charge in [0, 0.05) is 11.3 Å². The van der Waals surface area contributed by atoms with E-state index in [1.54, 1.807) is 67.8 Å². The molecule has 0 atom stereocenters. The maximum Gasteiger partial charge on any atom is 0.206 e. The van der Waals surface area contributed by atoms with Gasteiger partial charge in [-0.25, -0.2) is 4.39 Å². The summed E-state index contributed by atoms with van der Waals surface area (Å²) in [5, 5.41) is 13.0. The molecule has 0 bridgehead atoms. The molecule has 32 heavy (non-hydrogen) atoms. The summed E-state index contributed by atoms with van der Waals surface area (Å²) in [5.41, 5.74) is 0.759. The van der Waals surface area contributed by atoms with Gasteiger partial charge in [-0.2, -0.15) is 5.26 Å². The van der Waals surface area contributed by atoms with E-state index < -0.39 is 17.4 Å². The summed E-state index contributed by atoms with van der Waals surface area (Å²) in [4.78, 5) is 25.5. The number of carbonyl (C=O) groups is 2. The minimum absolute atomic E-state index is 0.0447. The molecule has 3 rings (SSSR count). The van der Waals surface area contributed by atoms with E-state index in [4.69, 9.17) is 4.74 Å². The summed E-state index contributed by atoms with van der Waals surface area (Å²) in [6.07, 6.45) is 0. The van der Waals surface area contributed by atoms with E-state index in [2.05, 4.69) is 5.32 Å². The Morgan fingerprint density at radius 1 is 1.00 bits per heavy atom. The fourth-order valence-electron chi connectivity index (χ4n) is 2.82. The standard InChI is InChI=1S/C25H19FN2O3S/c1-31-19-13-11-18(12-14-19)28-25(21(15-27)24(30)17-7-3-2-4-8-17)32-16-23(29)20-9-5-6-10-22(20)26/h2-14,28H,16H2,1H3/b25-21-. The van der Waals surface area contributed by atoms with E-state index in [0.29, 0.717) is 17.0 Å². The molecule has 0 aliphatic rings. The number of methoxy groups -OCH3 is 1. The fourth-order valence-corrected chi connectivity index (χ4v) is 3.72. The molecule has 0 aliphatic carbocycles. The Hall–Kier alpha value is -3.89. The Morgan fingerprint density at radius 2 is 1.66 bits per heavy atom. The number of nitriles is 1. The average Bonchev–Trinajstić information content (AvgIpc) is 2.83. The van der Waals surface area contributed by atoms with Gasteiger partial charge in [0.05, 0.1) is 23.5 Å². The quantitative estimate of drug-likeness (QED) is 0.266. The normalized spacial score (nSPS) is 11.2. The third-order valence-electron chi connectivity index (χ3n) is 4.47. The Kier molecular flexibility index (Phi) is 7.79. The number of halogens is 1. The molecule has 0 saturated heterocycles. The van der Waals surface area contributed by atoms with Crippen LogP contribution in [0.3, 0.4) is 0 Å². The van der Waals surface area contributed by atoms with Crippen molar-refractivity contribution in [3.63, 3.8) is 0 Å². The molecule has 160 valence electrons. The van der Waals surface area contributed by atoms with E-state index in [1.807, 2.05) is 6.07 Å². The van der Waals surface area contributed by atoms with Crippen molar-refractivity contribution < 1.29 is 18.7 Å². The van der Waals surface area contributed by atoms with Crippen LogP contribution in [0.15, 0.2) is 89.5 Å². The van der Waals surface area contributed by atoms with Crippen LogP contribution in [0.4, 0.5) is 10.1 Å². The zero-order valence-electron chi connectivity index (χ0n) is 17.2. The maximum absolute atomic E-state index is 14.0. The third kappa shape index (κ3) is 5.62.